The second-order valence-electron chi connectivity index (χ2n) is 6.15. The summed E-state index contributed by atoms with van der Waals surface area (Å²) in [6.07, 6.45) is 1.39. The van der Waals surface area contributed by atoms with E-state index in [1.807, 2.05) is 13.0 Å². The molecule has 0 aromatic heterocycles. The SMILES string of the molecule is Cc1cccc(NC(=O)CN2C(=O)S/C(=C\c3ccc(Br)c([N+](=O)[O-])c3)C2=O)c1. The van der Waals surface area contributed by atoms with E-state index in [9.17, 15) is 24.5 Å². The molecule has 1 fully saturated rings. The van der Waals surface area contributed by atoms with Crippen molar-refractivity contribution in [2.24, 2.45) is 0 Å². The van der Waals surface area contributed by atoms with E-state index in [4.69, 9.17) is 0 Å². The Hall–Kier alpha value is -2.98. The van der Waals surface area contributed by atoms with Gasteiger partial charge in [0, 0.05) is 11.8 Å². The Morgan fingerprint density at radius 3 is 2.72 bits per heavy atom. The van der Waals surface area contributed by atoms with Gasteiger partial charge in [-0.25, -0.2) is 0 Å². The van der Waals surface area contributed by atoms with Crippen LogP contribution in [0.5, 0.6) is 0 Å². The summed E-state index contributed by atoms with van der Waals surface area (Å²) >= 11 is 3.77. The molecule has 1 aliphatic rings. The van der Waals surface area contributed by atoms with Crippen LogP contribution in [-0.4, -0.2) is 33.4 Å². The molecule has 0 saturated carbocycles. The van der Waals surface area contributed by atoms with E-state index in [1.165, 1.54) is 18.2 Å². The minimum absolute atomic E-state index is 0.0926. The van der Waals surface area contributed by atoms with Crippen LogP contribution < -0.4 is 5.32 Å². The van der Waals surface area contributed by atoms with E-state index in [-0.39, 0.29) is 10.6 Å². The number of nitrogens with one attached hydrogen (secondary N) is 1. The monoisotopic (exact) mass is 475 g/mol. The van der Waals surface area contributed by atoms with Gasteiger partial charge in [-0.2, -0.15) is 0 Å². The molecule has 3 amide bonds. The maximum Gasteiger partial charge on any atom is 0.294 e. The topological polar surface area (TPSA) is 110 Å². The van der Waals surface area contributed by atoms with E-state index in [0.717, 1.165) is 10.5 Å². The molecule has 8 nitrogen and oxygen atoms in total. The van der Waals surface area contributed by atoms with Gasteiger partial charge in [0.1, 0.15) is 6.54 Å². The van der Waals surface area contributed by atoms with Gasteiger partial charge in [-0.3, -0.25) is 29.4 Å². The summed E-state index contributed by atoms with van der Waals surface area (Å²) in [6, 6.07) is 11.5. The maximum absolute atomic E-state index is 12.5. The molecule has 0 spiro atoms. The summed E-state index contributed by atoms with van der Waals surface area (Å²) in [5.74, 6) is -1.12. The Labute approximate surface area is 178 Å². The number of aryl methyl sites for hydroxylation is 1. The van der Waals surface area contributed by atoms with Crippen LogP contribution in [0.3, 0.4) is 0 Å². The highest BCUT2D eigenvalue weighted by Crippen LogP contribution is 2.33. The lowest BCUT2D eigenvalue weighted by Crippen LogP contribution is -2.36. The van der Waals surface area contributed by atoms with Crippen molar-refractivity contribution in [3.8, 4) is 0 Å². The van der Waals surface area contributed by atoms with Crippen molar-refractivity contribution in [1.82, 2.24) is 4.90 Å². The zero-order chi connectivity index (χ0) is 21.1. The molecular weight excluding hydrogens is 462 g/mol. The summed E-state index contributed by atoms with van der Waals surface area (Å²) in [5, 5.41) is 13.1. The van der Waals surface area contributed by atoms with Gasteiger partial charge in [0.2, 0.25) is 5.91 Å². The smallest absolute Gasteiger partial charge is 0.294 e. The fourth-order valence-electron chi connectivity index (χ4n) is 2.61. The first-order chi connectivity index (χ1) is 13.7. The highest BCUT2D eigenvalue weighted by molar-refractivity contribution is 9.10. The normalized spacial score (nSPS) is 15.1. The van der Waals surface area contributed by atoms with Crippen molar-refractivity contribution in [3.63, 3.8) is 0 Å². The molecule has 1 aliphatic heterocycles. The number of anilines is 1. The van der Waals surface area contributed by atoms with Gasteiger partial charge >= 0.3 is 0 Å². The molecule has 1 heterocycles. The molecule has 29 heavy (non-hydrogen) atoms. The van der Waals surface area contributed by atoms with Crippen LogP contribution in [0, 0.1) is 17.0 Å². The van der Waals surface area contributed by atoms with Crippen LogP contribution in [0.15, 0.2) is 51.8 Å². The van der Waals surface area contributed by atoms with Gasteiger partial charge in [-0.05, 0) is 70.0 Å². The Morgan fingerprint density at radius 1 is 1.28 bits per heavy atom. The van der Waals surface area contributed by atoms with Gasteiger partial charge in [0.05, 0.1) is 14.3 Å². The van der Waals surface area contributed by atoms with Crippen LogP contribution >= 0.6 is 27.7 Å². The average molecular weight is 476 g/mol. The van der Waals surface area contributed by atoms with E-state index < -0.39 is 28.5 Å². The number of thioether (sulfide) groups is 1. The number of benzene rings is 2. The third-order valence-corrected chi connectivity index (χ3v) is 5.52. The summed E-state index contributed by atoms with van der Waals surface area (Å²) in [4.78, 5) is 48.4. The number of nitro benzene ring substituents is 1. The van der Waals surface area contributed by atoms with Crippen molar-refractivity contribution in [2.45, 2.75) is 6.92 Å². The van der Waals surface area contributed by atoms with E-state index in [1.54, 1.807) is 24.3 Å². The fourth-order valence-corrected chi connectivity index (χ4v) is 3.84. The molecule has 148 valence electrons. The van der Waals surface area contributed by atoms with Crippen LogP contribution in [0.2, 0.25) is 0 Å². The number of halogens is 1. The standard InChI is InChI=1S/C19H14BrN3O5S/c1-11-3-2-4-13(7-11)21-17(24)10-22-18(25)16(29-19(22)26)9-12-5-6-14(20)15(8-12)23(27)28/h2-9H,10H2,1H3,(H,21,24)/b16-9-. The average Bonchev–Trinajstić information content (AvgIpc) is 2.90. The number of imide groups is 1. The predicted molar refractivity (Wildman–Crippen MR) is 113 cm³/mol. The second-order valence-corrected chi connectivity index (χ2v) is 8.00. The first kappa shape index (κ1) is 20.7. The third kappa shape index (κ3) is 4.90. The van der Waals surface area contributed by atoms with Crippen molar-refractivity contribution < 1.29 is 19.3 Å². The van der Waals surface area contributed by atoms with E-state index >= 15 is 0 Å². The molecule has 3 rings (SSSR count). The Balaban J connectivity index is 1.74. The molecule has 0 atom stereocenters. The minimum Gasteiger partial charge on any atom is -0.325 e. The van der Waals surface area contributed by atoms with Crippen LogP contribution in [-0.2, 0) is 9.59 Å². The first-order valence-corrected chi connectivity index (χ1v) is 9.91. The number of amides is 3. The second kappa shape index (κ2) is 8.58. The lowest BCUT2D eigenvalue weighted by atomic mass is 10.2. The fraction of sp³-hybridized carbons (Fsp3) is 0.105. The quantitative estimate of drug-likeness (QED) is 0.391. The first-order valence-electron chi connectivity index (χ1n) is 8.30. The van der Waals surface area contributed by atoms with Crippen molar-refractivity contribution in [1.29, 1.82) is 0 Å². The number of rotatable bonds is 5. The number of hydrogen-bond donors (Lipinski definition) is 1. The van der Waals surface area contributed by atoms with Gasteiger partial charge in [-0.1, -0.05) is 18.2 Å². The van der Waals surface area contributed by atoms with Crippen molar-refractivity contribution in [2.75, 3.05) is 11.9 Å². The number of nitrogens with zero attached hydrogens (tertiary/aromatic N) is 2. The van der Waals surface area contributed by atoms with E-state index in [2.05, 4.69) is 21.2 Å². The lowest BCUT2D eigenvalue weighted by molar-refractivity contribution is -0.385. The molecule has 10 heteroatoms. The summed E-state index contributed by atoms with van der Waals surface area (Å²) < 4.78 is 0.306. The van der Waals surface area contributed by atoms with Crippen LogP contribution in [0.25, 0.3) is 6.08 Å². The Kier molecular flexibility index (Phi) is 6.14. The third-order valence-electron chi connectivity index (χ3n) is 3.94. The number of carbonyl (C=O) groups excluding carboxylic acids is 3. The molecule has 0 unspecified atom stereocenters. The number of hydrogen-bond acceptors (Lipinski definition) is 6. The molecule has 1 saturated heterocycles. The zero-order valence-electron chi connectivity index (χ0n) is 15.0. The Bertz CT molecular complexity index is 1070. The zero-order valence-corrected chi connectivity index (χ0v) is 17.5. The Morgan fingerprint density at radius 2 is 2.03 bits per heavy atom. The van der Waals surface area contributed by atoms with Gasteiger partial charge in [0.25, 0.3) is 16.8 Å². The predicted octanol–water partition coefficient (Wildman–Crippen LogP) is 4.34. The summed E-state index contributed by atoms with van der Waals surface area (Å²) in [6.45, 7) is 1.46. The highest BCUT2D eigenvalue weighted by atomic mass is 79.9. The maximum atomic E-state index is 12.5. The largest absolute Gasteiger partial charge is 0.325 e. The molecule has 2 aromatic rings. The molecular formula is C19H14BrN3O5S. The van der Waals surface area contributed by atoms with Crippen LogP contribution in [0.4, 0.5) is 16.2 Å². The molecule has 0 bridgehead atoms. The molecule has 1 N–H and O–H groups in total. The molecule has 0 radical (unpaired) electrons. The summed E-state index contributed by atoms with van der Waals surface area (Å²) in [5.41, 5.74) is 1.77. The lowest BCUT2D eigenvalue weighted by Gasteiger charge is -2.12. The van der Waals surface area contributed by atoms with E-state index in [0.29, 0.717) is 27.5 Å². The van der Waals surface area contributed by atoms with Gasteiger partial charge < -0.3 is 5.32 Å². The number of nitro groups is 1. The van der Waals surface area contributed by atoms with Crippen molar-refractivity contribution in [3.05, 3.63) is 73.1 Å². The van der Waals surface area contributed by atoms with Gasteiger partial charge in [0.15, 0.2) is 0 Å². The van der Waals surface area contributed by atoms with Gasteiger partial charge in [-0.15, -0.1) is 0 Å². The van der Waals surface area contributed by atoms with Crippen LogP contribution in [0.1, 0.15) is 11.1 Å². The molecule has 0 aliphatic carbocycles. The summed E-state index contributed by atoms with van der Waals surface area (Å²) in [7, 11) is 0. The molecule has 2 aromatic carbocycles. The highest BCUT2D eigenvalue weighted by Gasteiger charge is 2.36. The minimum atomic E-state index is -0.620. The van der Waals surface area contributed by atoms with Crippen molar-refractivity contribution >= 4 is 62.2 Å². The number of carbonyl (C=O) groups is 3.